The summed E-state index contributed by atoms with van der Waals surface area (Å²) in [5.74, 6) is 0.105. The SMILES string of the molecule is Cc1cc(-c2cc3ccccc3c(-c3c(O)c(-c4cc(C)cc([Si](c5ccccc5)(c5ccccc5)C(C)(C)C)c4O)cc4ccccc34)c2O)c(O)c([Si](c2ccccc2)(c2ccccc2)C(C)(C)C)c1.[Ti]. The smallest absolute Gasteiger partial charge is 0.158 e. The maximum Gasteiger partial charge on any atom is 0.158 e. The molecular formula is C66H62O4Si2Ti. The molecular weight excluding hydrogens is 961 g/mol. The van der Waals surface area contributed by atoms with Gasteiger partial charge in [-0.15, -0.1) is 0 Å². The third kappa shape index (κ3) is 8.25. The molecule has 362 valence electrons. The Morgan fingerprint density at radius 1 is 0.315 bits per heavy atom. The molecule has 0 fully saturated rings. The normalized spacial score (nSPS) is 12.2. The van der Waals surface area contributed by atoms with Gasteiger partial charge in [-0.05, 0) is 101 Å². The van der Waals surface area contributed by atoms with Crippen molar-refractivity contribution in [3.05, 3.63) is 217 Å². The van der Waals surface area contributed by atoms with Crippen LogP contribution in [-0.2, 0) is 21.7 Å². The molecule has 7 heteroatoms. The topological polar surface area (TPSA) is 80.9 Å². The molecule has 4 N–H and O–H groups in total. The van der Waals surface area contributed by atoms with E-state index >= 15 is 0 Å². The van der Waals surface area contributed by atoms with Crippen LogP contribution in [0.5, 0.6) is 23.0 Å². The zero-order valence-electron chi connectivity index (χ0n) is 42.9. The standard InChI is InChI=1S/C66H62O4Si2.Ti/c1-43-37-53(61(67)57(39-43)71(65(3,4)5,47-27-13-9-14-28-47)48-29-15-10-16-30-48)55-41-45-25-21-23-35-51(45)59(63(55)69)60-52-36-24-22-26-46(52)42-56(64(60)70)54-38-44(2)40-58(62(54)68)72(66(6,7)8,49-31-17-11-18-32-49)50-33-19-12-20-34-50;/h9-42,67-70H,1-8H3;. The number of phenolic OH excluding ortho intramolecular Hbond substituents is 4. The van der Waals surface area contributed by atoms with Gasteiger partial charge in [0.15, 0.2) is 16.1 Å². The summed E-state index contributed by atoms with van der Waals surface area (Å²) in [6.45, 7) is 17.8. The Morgan fingerprint density at radius 2 is 0.575 bits per heavy atom. The van der Waals surface area contributed by atoms with Crippen LogP contribution >= 0.6 is 0 Å². The summed E-state index contributed by atoms with van der Waals surface area (Å²) in [5, 5.41) is 61.8. The Hall–Kier alpha value is -6.93. The van der Waals surface area contributed by atoms with Crippen LogP contribution < -0.4 is 31.1 Å². The predicted octanol–water partition coefficient (Wildman–Crippen LogP) is 13.0. The van der Waals surface area contributed by atoms with E-state index in [4.69, 9.17) is 0 Å². The van der Waals surface area contributed by atoms with Crippen molar-refractivity contribution in [1.82, 2.24) is 0 Å². The molecule has 0 saturated carbocycles. The average Bonchev–Trinajstić information content (AvgIpc) is 3.37. The molecule has 0 aliphatic carbocycles. The van der Waals surface area contributed by atoms with Crippen molar-refractivity contribution < 1.29 is 42.1 Å². The fourth-order valence-electron chi connectivity index (χ4n) is 12.4. The van der Waals surface area contributed by atoms with Gasteiger partial charge in [0.25, 0.3) is 0 Å². The summed E-state index contributed by atoms with van der Waals surface area (Å²) >= 11 is 0. The van der Waals surface area contributed by atoms with Crippen molar-refractivity contribution in [3.63, 3.8) is 0 Å². The molecule has 0 heterocycles. The molecule has 0 aliphatic rings. The molecule has 0 amide bonds. The minimum atomic E-state index is -3.08. The second-order valence-electron chi connectivity index (χ2n) is 21.6. The van der Waals surface area contributed by atoms with Crippen molar-refractivity contribution in [2.24, 2.45) is 0 Å². The van der Waals surface area contributed by atoms with E-state index in [1.807, 2.05) is 97.1 Å². The molecule has 73 heavy (non-hydrogen) atoms. The van der Waals surface area contributed by atoms with Gasteiger partial charge < -0.3 is 20.4 Å². The summed E-state index contributed by atoms with van der Waals surface area (Å²) in [5.41, 5.74) is 4.68. The molecule has 0 radical (unpaired) electrons. The number of benzene rings is 10. The van der Waals surface area contributed by atoms with Crippen LogP contribution in [-0.4, -0.2) is 36.6 Å². The van der Waals surface area contributed by atoms with Crippen LogP contribution in [0.1, 0.15) is 52.7 Å². The third-order valence-electron chi connectivity index (χ3n) is 15.3. The summed E-state index contributed by atoms with van der Waals surface area (Å²) in [4.78, 5) is 0. The van der Waals surface area contributed by atoms with E-state index in [9.17, 15) is 20.4 Å². The quantitative estimate of drug-likeness (QED) is 0.0858. The molecule has 0 aliphatic heterocycles. The Bertz CT molecular complexity index is 3340. The van der Waals surface area contributed by atoms with E-state index in [1.165, 1.54) is 20.7 Å². The van der Waals surface area contributed by atoms with Gasteiger partial charge in [0.1, 0.15) is 23.0 Å². The van der Waals surface area contributed by atoms with Crippen molar-refractivity contribution in [1.29, 1.82) is 0 Å². The molecule has 0 bridgehead atoms. The first kappa shape index (κ1) is 51.0. The minimum absolute atomic E-state index is 0. The Labute approximate surface area is 447 Å². The molecule has 0 atom stereocenters. The van der Waals surface area contributed by atoms with Crippen molar-refractivity contribution in [2.75, 3.05) is 0 Å². The van der Waals surface area contributed by atoms with Crippen LogP contribution in [0.15, 0.2) is 206 Å². The van der Waals surface area contributed by atoms with E-state index in [2.05, 4.69) is 165 Å². The van der Waals surface area contributed by atoms with E-state index < -0.39 is 16.1 Å². The van der Waals surface area contributed by atoms with Gasteiger partial charge in [-0.1, -0.05) is 235 Å². The molecule has 0 aromatic heterocycles. The number of aryl methyl sites for hydroxylation is 2. The summed E-state index contributed by atoms with van der Waals surface area (Å²) in [6, 6.07) is 70.4. The Balaban J connectivity index is 0.00000656. The number of phenols is 4. The van der Waals surface area contributed by atoms with Gasteiger partial charge >= 0.3 is 0 Å². The van der Waals surface area contributed by atoms with E-state index in [1.54, 1.807) is 0 Å². The average molecular weight is 1020 g/mol. The number of aromatic hydroxyl groups is 4. The molecule has 10 aromatic rings. The van der Waals surface area contributed by atoms with Crippen molar-refractivity contribution >= 4 is 68.8 Å². The number of rotatable bonds is 9. The maximum absolute atomic E-state index is 13.3. The van der Waals surface area contributed by atoms with Crippen molar-refractivity contribution in [3.8, 4) is 56.4 Å². The van der Waals surface area contributed by atoms with E-state index in [-0.39, 0.29) is 54.8 Å². The molecule has 0 unspecified atom stereocenters. The molecule has 10 aromatic carbocycles. The van der Waals surface area contributed by atoms with Crippen LogP contribution in [0.25, 0.3) is 54.9 Å². The first-order valence-corrected chi connectivity index (χ1v) is 28.9. The van der Waals surface area contributed by atoms with Crippen LogP contribution in [0, 0.1) is 13.8 Å². The van der Waals surface area contributed by atoms with Gasteiger partial charge in [0.2, 0.25) is 0 Å². The number of fused-ring (bicyclic) bond motifs is 2. The molecule has 0 spiro atoms. The third-order valence-corrected chi connectivity index (χ3v) is 26.9. The Kier molecular flexibility index (Phi) is 13.6. The van der Waals surface area contributed by atoms with Gasteiger partial charge in [-0.25, -0.2) is 0 Å². The van der Waals surface area contributed by atoms with E-state index in [0.29, 0.717) is 33.4 Å². The van der Waals surface area contributed by atoms with Gasteiger partial charge in [0.05, 0.1) is 0 Å². The molecule has 4 nitrogen and oxygen atoms in total. The molecule has 0 saturated heterocycles. The second-order valence-corrected chi connectivity index (χ2v) is 31.0. The zero-order valence-corrected chi connectivity index (χ0v) is 46.5. The second kappa shape index (κ2) is 19.5. The van der Waals surface area contributed by atoms with Crippen LogP contribution in [0.2, 0.25) is 10.1 Å². The number of hydrogen-bond donors (Lipinski definition) is 4. The fourth-order valence-corrected chi connectivity index (χ4v) is 24.0. The summed E-state index contributed by atoms with van der Waals surface area (Å²) in [7, 11) is -6.16. The van der Waals surface area contributed by atoms with Crippen molar-refractivity contribution in [2.45, 2.75) is 65.5 Å². The van der Waals surface area contributed by atoms with Crippen LogP contribution in [0.3, 0.4) is 0 Å². The van der Waals surface area contributed by atoms with E-state index in [0.717, 1.165) is 43.0 Å². The maximum atomic E-state index is 13.3. The predicted molar refractivity (Wildman–Crippen MR) is 308 cm³/mol. The number of hydrogen-bond acceptors (Lipinski definition) is 4. The first-order valence-electron chi connectivity index (χ1n) is 24.9. The first-order chi connectivity index (χ1) is 34.5. The fraction of sp³-hybridized carbons (Fsp3) is 0.152. The van der Waals surface area contributed by atoms with Gasteiger partial charge in [0, 0.05) is 55.1 Å². The monoisotopic (exact) mass is 1020 g/mol. The molecule has 10 rings (SSSR count). The Morgan fingerprint density at radius 3 is 0.863 bits per heavy atom. The zero-order chi connectivity index (χ0) is 50.7. The van der Waals surface area contributed by atoms with Gasteiger partial charge in [-0.2, -0.15) is 0 Å². The van der Waals surface area contributed by atoms with Gasteiger partial charge in [-0.3, -0.25) is 0 Å². The largest absolute Gasteiger partial charge is 0.507 e. The van der Waals surface area contributed by atoms with Crippen LogP contribution in [0.4, 0.5) is 0 Å². The summed E-state index contributed by atoms with van der Waals surface area (Å²) < 4.78 is 0. The summed E-state index contributed by atoms with van der Waals surface area (Å²) in [6.07, 6.45) is 0. The minimum Gasteiger partial charge on any atom is -0.507 e.